The highest BCUT2D eigenvalue weighted by Crippen LogP contribution is 2.29. The Labute approximate surface area is 194 Å². The normalized spacial score (nSPS) is 19.9. The van der Waals surface area contributed by atoms with Crippen LogP contribution in [0.25, 0.3) is 0 Å². The number of hydrogen-bond donors (Lipinski definition) is 1. The van der Waals surface area contributed by atoms with E-state index in [0.717, 1.165) is 0 Å². The number of H-pyrrole nitrogens is 1. The molecule has 0 radical (unpaired) electrons. The van der Waals surface area contributed by atoms with Crippen LogP contribution in [-0.2, 0) is 14.2 Å². The lowest BCUT2D eigenvalue weighted by molar-refractivity contribution is -0.146. The van der Waals surface area contributed by atoms with Crippen molar-refractivity contribution in [2.45, 2.75) is 38.2 Å². The fraction of sp³-hybridized carbons (Fsp3) is 0.280. The molecule has 1 saturated heterocycles. The van der Waals surface area contributed by atoms with Gasteiger partial charge in [-0.15, -0.1) is 0 Å². The van der Waals surface area contributed by atoms with E-state index in [2.05, 4.69) is 4.98 Å². The van der Waals surface area contributed by atoms with Gasteiger partial charge in [0.2, 0.25) is 0 Å². The molecule has 0 aliphatic carbocycles. The van der Waals surface area contributed by atoms with Gasteiger partial charge in [0.1, 0.15) is 18.9 Å². The first-order valence-corrected chi connectivity index (χ1v) is 10.9. The molecule has 0 unspecified atom stereocenters. The third-order valence-electron chi connectivity index (χ3n) is 5.49. The summed E-state index contributed by atoms with van der Waals surface area (Å²) < 4.78 is 18.4. The molecule has 1 N–H and O–H groups in total. The number of aromatic nitrogens is 2. The Balaban J connectivity index is 1.52. The third kappa shape index (κ3) is 5.49. The molecule has 1 aromatic heterocycles. The maximum atomic E-state index is 12.6. The first-order valence-electron chi connectivity index (χ1n) is 10.9. The average Bonchev–Trinajstić information content (AvgIpc) is 2.85. The number of esters is 2. The van der Waals surface area contributed by atoms with Crippen LogP contribution >= 0.6 is 0 Å². The molecule has 4 rings (SSSR count). The van der Waals surface area contributed by atoms with Gasteiger partial charge in [-0.1, -0.05) is 36.4 Å². The lowest BCUT2D eigenvalue weighted by Gasteiger charge is -2.35. The van der Waals surface area contributed by atoms with Crippen LogP contribution in [0.4, 0.5) is 0 Å². The van der Waals surface area contributed by atoms with Gasteiger partial charge < -0.3 is 14.2 Å². The number of carbonyl (C=O) groups is 2. The second kappa shape index (κ2) is 10.3. The van der Waals surface area contributed by atoms with E-state index in [1.54, 1.807) is 67.6 Å². The number of hydrogen-bond acceptors (Lipinski definition) is 7. The van der Waals surface area contributed by atoms with Gasteiger partial charge in [0.15, 0.2) is 0 Å². The molecular formula is C25H24N2O7. The van der Waals surface area contributed by atoms with Crippen LogP contribution in [0.15, 0.2) is 76.4 Å². The fourth-order valence-corrected chi connectivity index (χ4v) is 3.75. The fourth-order valence-electron chi connectivity index (χ4n) is 3.75. The standard InChI is InChI=1S/C25H24N2O7/c1-16-14-27(25(31)26-22(16)28)21-13-19(34-24(30)18-10-6-3-7-11-18)12-20(33-21)15-32-23(29)17-8-4-2-5-9-17/h2-11,14,19-21H,12-13,15H2,1H3,(H,26,28,31)/t19-,20+,21-/m1/s1. The minimum atomic E-state index is -0.828. The maximum Gasteiger partial charge on any atom is 0.338 e. The highest BCUT2D eigenvalue weighted by molar-refractivity contribution is 5.89. The number of carbonyl (C=O) groups excluding carboxylic acids is 2. The van der Waals surface area contributed by atoms with E-state index < -0.39 is 41.6 Å². The van der Waals surface area contributed by atoms with Crippen molar-refractivity contribution >= 4 is 11.9 Å². The van der Waals surface area contributed by atoms with Crippen LogP contribution in [0.2, 0.25) is 0 Å². The average molecular weight is 464 g/mol. The van der Waals surface area contributed by atoms with Crippen LogP contribution in [0.3, 0.4) is 0 Å². The van der Waals surface area contributed by atoms with Gasteiger partial charge in [0.25, 0.3) is 5.56 Å². The molecular weight excluding hydrogens is 440 g/mol. The summed E-state index contributed by atoms with van der Waals surface area (Å²) in [5.41, 5.74) is -0.00387. The van der Waals surface area contributed by atoms with Gasteiger partial charge in [-0.3, -0.25) is 14.3 Å². The van der Waals surface area contributed by atoms with Gasteiger partial charge in [0.05, 0.1) is 17.2 Å². The number of rotatable bonds is 6. The zero-order chi connectivity index (χ0) is 24.1. The molecule has 0 saturated carbocycles. The lowest BCUT2D eigenvalue weighted by Crippen LogP contribution is -2.43. The number of ether oxygens (including phenoxy) is 3. The van der Waals surface area contributed by atoms with Crippen LogP contribution in [0.5, 0.6) is 0 Å². The quantitative estimate of drug-likeness (QED) is 0.558. The molecule has 3 aromatic rings. The molecule has 0 amide bonds. The van der Waals surface area contributed by atoms with E-state index in [0.29, 0.717) is 16.7 Å². The number of nitrogens with zero attached hydrogens (tertiary/aromatic N) is 1. The van der Waals surface area contributed by atoms with Crippen molar-refractivity contribution in [3.8, 4) is 0 Å². The second-order valence-electron chi connectivity index (χ2n) is 8.02. The molecule has 3 atom stereocenters. The van der Waals surface area contributed by atoms with Gasteiger partial charge in [-0.05, 0) is 31.2 Å². The van der Waals surface area contributed by atoms with Crippen molar-refractivity contribution in [3.05, 3.63) is 104 Å². The summed E-state index contributed by atoms with van der Waals surface area (Å²) in [4.78, 5) is 51.4. The summed E-state index contributed by atoms with van der Waals surface area (Å²) in [6.45, 7) is 1.48. The van der Waals surface area contributed by atoms with E-state index >= 15 is 0 Å². The minimum absolute atomic E-state index is 0.0965. The molecule has 1 aliphatic heterocycles. The summed E-state index contributed by atoms with van der Waals surface area (Å²) in [6.07, 6.45) is -0.211. The third-order valence-corrected chi connectivity index (χ3v) is 5.49. The van der Waals surface area contributed by atoms with E-state index in [4.69, 9.17) is 14.2 Å². The first kappa shape index (κ1) is 23.2. The molecule has 1 aliphatic rings. The highest BCUT2D eigenvalue weighted by atomic mass is 16.6. The van der Waals surface area contributed by atoms with Crippen molar-refractivity contribution in [2.75, 3.05) is 6.61 Å². The predicted molar refractivity (Wildman–Crippen MR) is 122 cm³/mol. The SMILES string of the molecule is Cc1cn([C@H]2C[C@H](OC(=O)c3ccccc3)C[C@@H](COC(=O)c3ccccc3)O2)c(=O)[nH]c1=O. The molecule has 0 spiro atoms. The molecule has 176 valence electrons. The van der Waals surface area contributed by atoms with E-state index in [-0.39, 0.29) is 19.4 Å². The second-order valence-corrected chi connectivity index (χ2v) is 8.02. The smallest absolute Gasteiger partial charge is 0.338 e. The number of aromatic amines is 1. The van der Waals surface area contributed by atoms with E-state index in [9.17, 15) is 19.2 Å². The van der Waals surface area contributed by atoms with Crippen molar-refractivity contribution < 1.29 is 23.8 Å². The van der Waals surface area contributed by atoms with E-state index in [1.807, 2.05) is 0 Å². The van der Waals surface area contributed by atoms with E-state index in [1.165, 1.54) is 10.8 Å². The molecule has 1 fully saturated rings. The predicted octanol–water partition coefficient (Wildman–Crippen LogP) is 2.61. The Morgan fingerprint density at radius 2 is 1.59 bits per heavy atom. The number of nitrogens with one attached hydrogen (secondary N) is 1. The largest absolute Gasteiger partial charge is 0.459 e. The Hall–Kier alpha value is -3.98. The Morgan fingerprint density at radius 1 is 0.971 bits per heavy atom. The summed E-state index contributed by atoms with van der Waals surface area (Å²) in [5, 5.41) is 0. The molecule has 34 heavy (non-hydrogen) atoms. The monoisotopic (exact) mass is 464 g/mol. The van der Waals surface area contributed by atoms with Crippen molar-refractivity contribution in [3.63, 3.8) is 0 Å². The molecule has 0 bridgehead atoms. The molecule has 2 aromatic carbocycles. The zero-order valence-corrected chi connectivity index (χ0v) is 18.5. The van der Waals surface area contributed by atoms with Gasteiger partial charge in [0, 0.05) is 24.6 Å². The Bertz CT molecular complexity index is 1270. The zero-order valence-electron chi connectivity index (χ0n) is 18.5. The maximum absolute atomic E-state index is 12.6. The summed E-state index contributed by atoms with van der Waals surface area (Å²) in [6, 6.07) is 17.1. The van der Waals surface area contributed by atoms with Crippen molar-refractivity contribution in [1.29, 1.82) is 0 Å². The molecule has 9 nitrogen and oxygen atoms in total. The van der Waals surface area contributed by atoms with Crippen molar-refractivity contribution in [1.82, 2.24) is 9.55 Å². The summed E-state index contributed by atoms with van der Waals surface area (Å²) >= 11 is 0. The Morgan fingerprint density at radius 3 is 2.24 bits per heavy atom. The lowest BCUT2D eigenvalue weighted by atomic mass is 10.0. The van der Waals surface area contributed by atoms with Gasteiger partial charge in [-0.2, -0.15) is 0 Å². The summed E-state index contributed by atoms with van der Waals surface area (Å²) in [5.74, 6) is -1.02. The van der Waals surface area contributed by atoms with Crippen molar-refractivity contribution in [2.24, 2.45) is 0 Å². The van der Waals surface area contributed by atoms with Crippen LogP contribution in [0, 0.1) is 6.92 Å². The first-order chi connectivity index (χ1) is 16.4. The minimum Gasteiger partial charge on any atom is -0.459 e. The van der Waals surface area contributed by atoms with Gasteiger partial charge in [-0.25, -0.2) is 14.4 Å². The highest BCUT2D eigenvalue weighted by Gasteiger charge is 2.34. The number of aryl methyl sites for hydroxylation is 1. The number of benzene rings is 2. The Kier molecular flexibility index (Phi) is 7.03. The van der Waals surface area contributed by atoms with Crippen LogP contribution < -0.4 is 11.2 Å². The molecule has 9 heteroatoms. The van der Waals surface area contributed by atoms with Gasteiger partial charge >= 0.3 is 17.6 Å². The van der Waals surface area contributed by atoms with Crippen LogP contribution in [-0.4, -0.2) is 40.3 Å². The molecule has 2 heterocycles. The topological polar surface area (TPSA) is 117 Å². The summed E-state index contributed by atoms with van der Waals surface area (Å²) in [7, 11) is 0. The van der Waals surface area contributed by atoms with Crippen LogP contribution in [0.1, 0.15) is 45.3 Å².